The minimum absolute atomic E-state index is 0.0597. The molecule has 1 aliphatic rings. The lowest BCUT2D eigenvalue weighted by Crippen LogP contribution is -2.33. The first-order valence-corrected chi connectivity index (χ1v) is 7.14. The molecule has 0 atom stereocenters. The van der Waals surface area contributed by atoms with Crippen molar-refractivity contribution in [3.8, 4) is 0 Å². The number of anilines is 1. The van der Waals surface area contributed by atoms with E-state index < -0.39 is 11.7 Å². The third kappa shape index (κ3) is 3.85. The van der Waals surface area contributed by atoms with Crippen molar-refractivity contribution < 1.29 is 17.9 Å². The molecule has 0 amide bonds. The quantitative estimate of drug-likeness (QED) is 0.889. The summed E-state index contributed by atoms with van der Waals surface area (Å²) in [7, 11) is 0. The smallest absolute Gasteiger partial charge is 0.381 e. The van der Waals surface area contributed by atoms with Gasteiger partial charge in [0.1, 0.15) is 5.82 Å². The Kier molecular flexibility index (Phi) is 4.59. The van der Waals surface area contributed by atoms with Gasteiger partial charge in [-0.2, -0.15) is 13.2 Å². The van der Waals surface area contributed by atoms with Crippen molar-refractivity contribution in [1.82, 2.24) is 4.98 Å². The second-order valence-corrected chi connectivity index (χ2v) is 6.24. The van der Waals surface area contributed by atoms with Gasteiger partial charge >= 0.3 is 6.18 Å². The summed E-state index contributed by atoms with van der Waals surface area (Å²) in [5.41, 5.74) is -0.807. The molecule has 0 saturated carbocycles. The van der Waals surface area contributed by atoms with Crippen LogP contribution in [0.4, 0.5) is 19.0 Å². The van der Waals surface area contributed by atoms with Crippen LogP contribution in [-0.4, -0.2) is 24.7 Å². The first-order valence-electron chi connectivity index (χ1n) is 6.35. The fourth-order valence-corrected chi connectivity index (χ4v) is 2.47. The maximum absolute atomic E-state index is 13.0. The lowest BCUT2D eigenvalue weighted by molar-refractivity contribution is -0.137. The van der Waals surface area contributed by atoms with E-state index in [1.165, 1.54) is 6.20 Å². The highest BCUT2D eigenvalue weighted by Crippen LogP contribution is 2.36. The summed E-state index contributed by atoms with van der Waals surface area (Å²) in [5.74, 6) is -0.117. The Balaban J connectivity index is 2.13. The van der Waals surface area contributed by atoms with E-state index in [1.807, 2.05) is 0 Å². The van der Waals surface area contributed by atoms with Crippen molar-refractivity contribution in [1.29, 1.82) is 0 Å². The Morgan fingerprint density at radius 2 is 2.05 bits per heavy atom. The molecule has 0 aromatic carbocycles. The molecule has 0 bridgehead atoms. The molecule has 7 heteroatoms. The molecular weight excluding hydrogens is 337 g/mol. The fourth-order valence-electron chi connectivity index (χ4n) is 2.13. The number of alkyl halides is 3. The first-order chi connectivity index (χ1) is 9.30. The minimum Gasteiger partial charge on any atom is -0.381 e. The van der Waals surface area contributed by atoms with Gasteiger partial charge < -0.3 is 10.1 Å². The van der Waals surface area contributed by atoms with E-state index in [-0.39, 0.29) is 11.2 Å². The van der Waals surface area contributed by atoms with Crippen LogP contribution in [0.25, 0.3) is 0 Å². The number of nitrogens with zero attached hydrogens (tertiary/aromatic N) is 1. The van der Waals surface area contributed by atoms with Crippen LogP contribution in [0.15, 0.2) is 16.7 Å². The molecule has 2 heterocycles. The van der Waals surface area contributed by atoms with Gasteiger partial charge in [0.15, 0.2) is 0 Å². The molecule has 1 saturated heterocycles. The number of hydrogen-bond acceptors (Lipinski definition) is 3. The number of ether oxygens (including phenoxy) is 1. The Bertz CT molecular complexity index is 473. The summed E-state index contributed by atoms with van der Waals surface area (Å²) in [6.07, 6.45) is -1.39. The fraction of sp³-hybridized carbons (Fsp3) is 0.615. The van der Waals surface area contributed by atoms with E-state index in [2.05, 4.69) is 33.2 Å². The normalized spacial score (nSPS) is 18.9. The maximum Gasteiger partial charge on any atom is 0.419 e. The van der Waals surface area contributed by atoms with E-state index in [9.17, 15) is 13.2 Å². The molecule has 1 N–H and O–H groups in total. The number of nitrogens with one attached hydrogen (secondary N) is 1. The van der Waals surface area contributed by atoms with Gasteiger partial charge in [0.05, 0.1) is 5.56 Å². The molecule has 1 aliphatic heterocycles. The number of halogens is 4. The summed E-state index contributed by atoms with van der Waals surface area (Å²) in [4.78, 5) is 3.85. The van der Waals surface area contributed by atoms with Gasteiger partial charge in [-0.05, 0) is 40.3 Å². The molecule has 0 radical (unpaired) electrons. The van der Waals surface area contributed by atoms with Gasteiger partial charge in [0, 0.05) is 30.4 Å². The Morgan fingerprint density at radius 3 is 2.65 bits per heavy atom. The van der Waals surface area contributed by atoms with Gasteiger partial charge in [0.2, 0.25) is 0 Å². The third-order valence-electron chi connectivity index (χ3n) is 3.54. The number of pyridine rings is 1. The summed E-state index contributed by atoms with van der Waals surface area (Å²) in [6.45, 7) is 3.80. The van der Waals surface area contributed by atoms with Gasteiger partial charge in [0.25, 0.3) is 0 Å². The molecular formula is C13H16BrF3N2O. The standard InChI is InChI=1S/C13H16BrF3N2O/c1-12(2-4-20-5-3-12)8-19-11-10(13(15,16)17)6-9(14)7-18-11/h6-7H,2-5,8H2,1H3,(H,18,19). The molecule has 112 valence electrons. The molecule has 1 aromatic rings. The minimum atomic E-state index is -4.42. The highest BCUT2D eigenvalue weighted by atomic mass is 79.9. The Hall–Kier alpha value is -0.820. The largest absolute Gasteiger partial charge is 0.419 e. The monoisotopic (exact) mass is 352 g/mol. The van der Waals surface area contributed by atoms with Crippen LogP contribution in [0.3, 0.4) is 0 Å². The molecule has 0 aliphatic carbocycles. The zero-order valence-electron chi connectivity index (χ0n) is 11.1. The third-order valence-corrected chi connectivity index (χ3v) is 3.98. The van der Waals surface area contributed by atoms with Crippen molar-refractivity contribution >= 4 is 21.7 Å². The zero-order chi connectivity index (χ0) is 14.8. The number of rotatable bonds is 3. The topological polar surface area (TPSA) is 34.2 Å². The predicted octanol–water partition coefficient (Wildman–Crippen LogP) is 4.09. The molecule has 1 aromatic heterocycles. The molecule has 0 unspecified atom stereocenters. The van der Waals surface area contributed by atoms with E-state index in [0.29, 0.717) is 24.2 Å². The lowest BCUT2D eigenvalue weighted by atomic mass is 9.82. The molecule has 0 spiro atoms. The van der Waals surface area contributed by atoms with Crippen LogP contribution in [0.2, 0.25) is 0 Å². The SMILES string of the molecule is CC1(CNc2ncc(Br)cc2C(F)(F)F)CCOCC1. The van der Waals surface area contributed by atoms with Crippen LogP contribution in [0.5, 0.6) is 0 Å². The molecule has 2 rings (SSSR count). The van der Waals surface area contributed by atoms with Crippen molar-refractivity contribution in [2.75, 3.05) is 25.1 Å². The lowest BCUT2D eigenvalue weighted by Gasteiger charge is -2.34. The highest BCUT2D eigenvalue weighted by molar-refractivity contribution is 9.10. The van der Waals surface area contributed by atoms with E-state index in [4.69, 9.17) is 4.74 Å². The van der Waals surface area contributed by atoms with Gasteiger partial charge in [-0.1, -0.05) is 6.92 Å². The Morgan fingerprint density at radius 1 is 1.40 bits per heavy atom. The van der Waals surface area contributed by atoms with Gasteiger partial charge in [-0.15, -0.1) is 0 Å². The van der Waals surface area contributed by atoms with Crippen LogP contribution in [0.1, 0.15) is 25.3 Å². The van der Waals surface area contributed by atoms with Crippen molar-refractivity contribution in [3.05, 3.63) is 22.3 Å². The maximum atomic E-state index is 13.0. The second kappa shape index (κ2) is 5.89. The first kappa shape index (κ1) is 15.6. The van der Waals surface area contributed by atoms with Crippen molar-refractivity contribution in [2.24, 2.45) is 5.41 Å². The van der Waals surface area contributed by atoms with Crippen LogP contribution in [-0.2, 0) is 10.9 Å². The van der Waals surface area contributed by atoms with E-state index in [1.54, 1.807) is 0 Å². The zero-order valence-corrected chi connectivity index (χ0v) is 12.6. The van der Waals surface area contributed by atoms with Gasteiger partial charge in [-0.3, -0.25) is 0 Å². The van der Waals surface area contributed by atoms with Crippen LogP contribution in [0, 0.1) is 5.41 Å². The van der Waals surface area contributed by atoms with Crippen molar-refractivity contribution in [2.45, 2.75) is 25.9 Å². The van der Waals surface area contributed by atoms with Crippen molar-refractivity contribution in [3.63, 3.8) is 0 Å². The molecule has 1 fully saturated rings. The van der Waals surface area contributed by atoms with E-state index >= 15 is 0 Å². The molecule has 3 nitrogen and oxygen atoms in total. The Labute approximate surface area is 124 Å². The number of hydrogen-bond donors (Lipinski definition) is 1. The van der Waals surface area contributed by atoms with Gasteiger partial charge in [-0.25, -0.2) is 4.98 Å². The summed E-state index contributed by atoms with van der Waals surface area (Å²) < 4.78 is 44.5. The predicted molar refractivity (Wildman–Crippen MR) is 73.6 cm³/mol. The summed E-state index contributed by atoms with van der Waals surface area (Å²) >= 11 is 3.02. The summed E-state index contributed by atoms with van der Waals surface area (Å²) in [5, 5.41) is 2.85. The second-order valence-electron chi connectivity index (χ2n) is 5.32. The van der Waals surface area contributed by atoms with E-state index in [0.717, 1.165) is 18.9 Å². The summed E-state index contributed by atoms with van der Waals surface area (Å²) in [6, 6.07) is 1.04. The average Bonchev–Trinajstić information content (AvgIpc) is 2.37. The average molecular weight is 353 g/mol. The molecule has 20 heavy (non-hydrogen) atoms. The van der Waals surface area contributed by atoms with Crippen LogP contribution >= 0.6 is 15.9 Å². The highest BCUT2D eigenvalue weighted by Gasteiger charge is 2.35. The number of aromatic nitrogens is 1. The van der Waals surface area contributed by atoms with Crippen LogP contribution < -0.4 is 5.32 Å².